The molecule has 1 atom stereocenters. The highest BCUT2D eigenvalue weighted by Gasteiger charge is 2.46. The van der Waals surface area contributed by atoms with Crippen LogP contribution in [0.25, 0.3) is 0 Å². The van der Waals surface area contributed by atoms with E-state index in [9.17, 15) is 9.59 Å². The molecule has 204 valence electrons. The van der Waals surface area contributed by atoms with Crippen molar-refractivity contribution in [2.75, 3.05) is 46.5 Å². The number of carbonyl (C=O) groups excluding carboxylic acids is 2. The largest absolute Gasteiger partial charge is 0.491 e. The lowest BCUT2D eigenvalue weighted by Gasteiger charge is -2.43. The van der Waals surface area contributed by atoms with Crippen molar-refractivity contribution < 1.29 is 28.5 Å². The SMILES string of the molecule is CN1CCOc2ccccc2CCCCC2(CN(C(=O)COc3cccc4c3OC(C)(C)C4)CCO2)C1=O. The molecule has 2 aromatic rings. The van der Waals surface area contributed by atoms with Gasteiger partial charge in [-0.25, -0.2) is 0 Å². The number of hydrogen-bond donors (Lipinski definition) is 0. The van der Waals surface area contributed by atoms with Gasteiger partial charge in [-0.05, 0) is 57.2 Å². The summed E-state index contributed by atoms with van der Waals surface area (Å²) in [7, 11) is 1.77. The van der Waals surface area contributed by atoms with Gasteiger partial charge in [0.2, 0.25) is 0 Å². The number of hydrogen-bond acceptors (Lipinski definition) is 6. The lowest BCUT2D eigenvalue weighted by molar-refractivity contribution is -0.176. The van der Waals surface area contributed by atoms with E-state index in [0.29, 0.717) is 44.2 Å². The van der Waals surface area contributed by atoms with E-state index in [1.54, 1.807) is 16.8 Å². The smallest absolute Gasteiger partial charge is 0.260 e. The number of para-hydroxylation sites is 2. The Labute approximate surface area is 224 Å². The topological polar surface area (TPSA) is 77.5 Å². The predicted octanol–water partition coefficient (Wildman–Crippen LogP) is 3.64. The Kier molecular flexibility index (Phi) is 7.52. The summed E-state index contributed by atoms with van der Waals surface area (Å²) in [4.78, 5) is 30.3. The van der Waals surface area contributed by atoms with Crippen LogP contribution in [0, 0.1) is 0 Å². The highest BCUT2D eigenvalue weighted by atomic mass is 16.5. The van der Waals surface area contributed by atoms with Gasteiger partial charge in [-0.3, -0.25) is 9.59 Å². The number of ether oxygens (including phenoxy) is 4. The highest BCUT2D eigenvalue weighted by molar-refractivity contribution is 5.87. The molecule has 38 heavy (non-hydrogen) atoms. The van der Waals surface area contributed by atoms with Crippen LogP contribution >= 0.6 is 0 Å². The van der Waals surface area contributed by atoms with E-state index in [4.69, 9.17) is 18.9 Å². The van der Waals surface area contributed by atoms with Crippen LogP contribution in [0.5, 0.6) is 17.2 Å². The van der Waals surface area contributed by atoms with E-state index in [1.807, 2.05) is 50.2 Å². The fourth-order valence-corrected chi connectivity index (χ4v) is 5.64. The van der Waals surface area contributed by atoms with Gasteiger partial charge in [0.1, 0.15) is 18.0 Å². The molecule has 3 heterocycles. The first-order valence-electron chi connectivity index (χ1n) is 13.6. The number of likely N-dealkylation sites (N-methyl/N-ethyl adjacent to an activating group) is 1. The molecule has 1 unspecified atom stereocenters. The zero-order valence-electron chi connectivity index (χ0n) is 22.7. The first-order chi connectivity index (χ1) is 18.3. The molecule has 2 amide bonds. The molecule has 3 aliphatic rings. The molecule has 8 nitrogen and oxygen atoms in total. The van der Waals surface area contributed by atoms with Crippen molar-refractivity contribution in [3.05, 3.63) is 53.6 Å². The zero-order chi connectivity index (χ0) is 26.8. The average molecular weight is 523 g/mol. The number of amides is 2. The second-order valence-corrected chi connectivity index (χ2v) is 11.1. The van der Waals surface area contributed by atoms with Gasteiger partial charge in [0, 0.05) is 25.6 Å². The molecule has 3 aliphatic heterocycles. The third-order valence-corrected chi connectivity index (χ3v) is 7.61. The maximum Gasteiger partial charge on any atom is 0.260 e. The van der Waals surface area contributed by atoms with Gasteiger partial charge >= 0.3 is 0 Å². The highest BCUT2D eigenvalue weighted by Crippen LogP contribution is 2.41. The van der Waals surface area contributed by atoms with Crippen molar-refractivity contribution in [3.8, 4) is 17.2 Å². The van der Waals surface area contributed by atoms with Crippen molar-refractivity contribution in [2.45, 2.75) is 57.2 Å². The normalized spacial score (nSPS) is 23.4. The Morgan fingerprint density at radius 1 is 1.03 bits per heavy atom. The first kappa shape index (κ1) is 26.4. The number of aryl methyl sites for hydroxylation is 1. The molecule has 1 spiro atoms. The number of rotatable bonds is 3. The van der Waals surface area contributed by atoms with Crippen molar-refractivity contribution in [3.63, 3.8) is 0 Å². The lowest BCUT2D eigenvalue weighted by atomic mass is 9.91. The van der Waals surface area contributed by atoms with Gasteiger partial charge < -0.3 is 28.7 Å². The Morgan fingerprint density at radius 2 is 1.84 bits per heavy atom. The molecule has 0 saturated carbocycles. The molecular formula is C30H38N2O6. The molecular weight excluding hydrogens is 484 g/mol. The second-order valence-electron chi connectivity index (χ2n) is 11.1. The van der Waals surface area contributed by atoms with Crippen LogP contribution in [0.4, 0.5) is 0 Å². The van der Waals surface area contributed by atoms with Gasteiger partial charge in [-0.2, -0.15) is 0 Å². The second kappa shape index (κ2) is 10.8. The Hall–Kier alpha value is -3.26. The fourth-order valence-electron chi connectivity index (χ4n) is 5.64. The van der Waals surface area contributed by atoms with Gasteiger partial charge in [-0.1, -0.05) is 30.3 Å². The summed E-state index contributed by atoms with van der Waals surface area (Å²) in [5.41, 5.74) is 0.895. The minimum absolute atomic E-state index is 0.107. The van der Waals surface area contributed by atoms with Crippen molar-refractivity contribution in [2.24, 2.45) is 0 Å². The molecule has 0 bridgehead atoms. The first-order valence-corrected chi connectivity index (χ1v) is 13.6. The van der Waals surface area contributed by atoms with E-state index in [2.05, 4.69) is 6.07 Å². The fraction of sp³-hybridized carbons (Fsp3) is 0.533. The van der Waals surface area contributed by atoms with Crippen molar-refractivity contribution >= 4 is 11.8 Å². The number of morpholine rings is 1. The molecule has 0 aromatic heterocycles. The summed E-state index contributed by atoms with van der Waals surface area (Å²) in [6.07, 6.45) is 3.92. The number of nitrogens with zero attached hydrogens (tertiary/aromatic N) is 2. The van der Waals surface area contributed by atoms with Crippen LogP contribution in [-0.4, -0.2) is 79.3 Å². The summed E-state index contributed by atoms with van der Waals surface area (Å²) in [6.45, 7) is 5.73. The van der Waals surface area contributed by atoms with Gasteiger partial charge in [-0.15, -0.1) is 0 Å². The molecule has 0 radical (unpaired) electrons. The van der Waals surface area contributed by atoms with Crippen LogP contribution in [0.1, 0.15) is 44.2 Å². The summed E-state index contributed by atoms with van der Waals surface area (Å²) >= 11 is 0. The third kappa shape index (κ3) is 5.60. The summed E-state index contributed by atoms with van der Waals surface area (Å²) in [5.74, 6) is 1.90. The minimum Gasteiger partial charge on any atom is -0.491 e. The maximum absolute atomic E-state index is 13.7. The average Bonchev–Trinajstić information content (AvgIpc) is 3.24. The molecule has 1 fully saturated rings. The van der Waals surface area contributed by atoms with Crippen LogP contribution in [0.3, 0.4) is 0 Å². The van der Waals surface area contributed by atoms with Crippen LogP contribution < -0.4 is 14.2 Å². The minimum atomic E-state index is -1.07. The molecule has 0 aliphatic carbocycles. The summed E-state index contributed by atoms with van der Waals surface area (Å²) in [5, 5.41) is 0. The number of benzene rings is 2. The van der Waals surface area contributed by atoms with E-state index in [-0.39, 0.29) is 30.6 Å². The molecule has 1 saturated heterocycles. The predicted molar refractivity (Wildman–Crippen MR) is 143 cm³/mol. The number of carbonyl (C=O) groups is 2. The number of fused-ring (bicyclic) bond motifs is 2. The third-order valence-electron chi connectivity index (χ3n) is 7.61. The molecule has 2 aromatic carbocycles. The summed E-state index contributed by atoms with van der Waals surface area (Å²) in [6, 6.07) is 13.9. The van der Waals surface area contributed by atoms with Gasteiger partial charge in [0.15, 0.2) is 23.7 Å². The van der Waals surface area contributed by atoms with Gasteiger partial charge in [0.25, 0.3) is 11.8 Å². The standard InChI is InChI=1S/C30H38N2O6/c1-29(2)19-23-11-8-13-25(27(23)38-29)36-20-26(33)32-16-18-37-30(21-32)14-7-6-10-22-9-4-5-12-24(22)35-17-15-31(3)28(30)34/h4-5,8-9,11-13H,6-7,10,14-21H2,1-3H3. The molecule has 8 heteroatoms. The van der Waals surface area contributed by atoms with E-state index in [1.165, 1.54) is 5.56 Å². The van der Waals surface area contributed by atoms with E-state index in [0.717, 1.165) is 37.0 Å². The lowest BCUT2D eigenvalue weighted by Crippen LogP contribution is -2.61. The maximum atomic E-state index is 13.7. The van der Waals surface area contributed by atoms with E-state index < -0.39 is 5.60 Å². The Bertz CT molecular complexity index is 1180. The van der Waals surface area contributed by atoms with Crippen molar-refractivity contribution in [1.29, 1.82) is 0 Å². The quantitative estimate of drug-likeness (QED) is 0.613. The Balaban J connectivity index is 1.26. The van der Waals surface area contributed by atoms with Gasteiger partial charge in [0.05, 0.1) is 19.7 Å². The van der Waals surface area contributed by atoms with Crippen LogP contribution in [0.15, 0.2) is 42.5 Å². The zero-order valence-corrected chi connectivity index (χ0v) is 22.7. The molecule has 0 N–H and O–H groups in total. The van der Waals surface area contributed by atoms with Crippen LogP contribution in [-0.2, 0) is 27.2 Å². The Morgan fingerprint density at radius 3 is 2.71 bits per heavy atom. The summed E-state index contributed by atoms with van der Waals surface area (Å²) < 4.78 is 24.2. The van der Waals surface area contributed by atoms with E-state index >= 15 is 0 Å². The van der Waals surface area contributed by atoms with Crippen LogP contribution in [0.2, 0.25) is 0 Å². The monoisotopic (exact) mass is 522 g/mol. The van der Waals surface area contributed by atoms with Crippen molar-refractivity contribution in [1.82, 2.24) is 9.80 Å². The molecule has 5 rings (SSSR count).